The number of nitrogens with zero attached hydrogens (tertiary/aromatic N) is 4. The predicted molar refractivity (Wildman–Crippen MR) is 96.0 cm³/mol. The summed E-state index contributed by atoms with van der Waals surface area (Å²) in [5.74, 6) is 0.644. The summed E-state index contributed by atoms with van der Waals surface area (Å²) >= 11 is 0. The number of methoxy groups -OCH3 is 1. The lowest BCUT2D eigenvalue weighted by Gasteiger charge is -2.26. The summed E-state index contributed by atoms with van der Waals surface area (Å²) in [5, 5.41) is 4.31. The summed E-state index contributed by atoms with van der Waals surface area (Å²) in [6.07, 6.45) is 1.59. The Hall–Kier alpha value is -2.89. The first-order valence-corrected chi connectivity index (χ1v) is 8.16. The summed E-state index contributed by atoms with van der Waals surface area (Å²) in [7, 11) is 3.42. The van der Waals surface area contributed by atoms with Crippen molar-refractivity contribution < 1.29 is 9.53 Å². The molecule has 130 valence electrons. The number of hydrogen-bond donors (Lipinski definition) is 0. The highest BCUT2D eigenvalue weighted by Crippen LogP contribution is 2.29. The number of carbonyl (C=O) groups is 1. The van der Waals surface area contributed by atoms with E-state index in [2.05, 4.69) is 10.1 Å². The van der Waals surface area contributed by atoms with E-state index in [1.165, 1.54) is 0 Å². The summed E-state index contributed by atoms with van der Waals surface area (Å²) in [4.78, 5) is 19.2. The summed E-state index contributed by atoms with van der Waals surface area (Å²) in [6, 6.07) is 9.51. The number of aromatic nitrogens is 3. The SMILES string of the molecule is COc1ccccc1[C@H](C)N(C)C(=O)c1cnn2c(C)cc(C)nc12. The van der Waals surface area contributed by atoms with Crippen molar-refractivity contribution in [3.63, 3.8) is 0 Å². The fourth-order valence-corrected chi connectivity index (χ4v) is 3.01. The van der Waals surface area contributed by atoms with Crippen LogP contribution in [0, 0.1) is 13.8 Å². The number of amides is 1. The molecule has 0 N–H and O–H groups in total. The maximum Gasteiger partial charge on any atom is 0.259 e. The van der Waals surface area contributed by atoms with Gasteiger partial charge in [0.2, 0.25) is 0 Å². The summed E-state index contributed by atoms with van der Waals surface area (Å²) in [5.41, 5.74) is 3.84. The van der Waals surface area contributed by atoms with Crippen LogP contribution < -0.4 is 4.74 Å². The molecular weight excluding hydrogens is 316 g/mol. The molecule has 6 nitrogen and oxygen atoms in total. The van der Waals surface area contributed by atoms with Gasteiger partial charge in [-0.2, -0.15) is 5.10 Å². The Morgan fingerprint density at radius 3 is 2.72 bits per heavy atom. The van der Waals surface area contributed by atoms with Gasteiger partial charge in [0.15, 0.2) is 5.65 Å². The van der Waals surface area contributed by atoms with Crippen molar-refractivity contribution in [2.24, 2.45) is 0 Å². The van der Waals surface area contributed by atoms with E-state index in [1.807, 2.05) is 51.1 Å². The maximum atomic E-state index is 13.0. The van der Waals surface area contributed by atoms with Crippen molar-refractivity contribution in [2.45, 2.75) is 26.8 Å². The van der Waals surface area contributed by atoms with Crippen molar-refractivity contribution in [3.8, 4) is 5.75 Å². The smallest absolute Gasteiger partial charge is 0.259 e. The van der Waals surface area contributed by atoms with Crippen LogP contribution in [0.3, 0.4) is 0 Å². The molecule has 3 rings (SSSR count). The molecule has 1 amide bonds. The molecule has 0 saturated heterocycles. The molecule has 1 aromatic carbocycles. The maximum absolute atomic E-state index is 13.0. The number of para-hydroxylation sites is 1. The lowest BCUT2D eigenvalue weighted by molar-refractivity contribution is 0.0743. The first-order chi connectivity index (χ1) is 11.9. The zero-order valence-corrected chi connectivity index (χ0v) is 15.1. The second-order valence-corrected chi connectivity index (χ2v) is 6.17. The molecule has 3 aromatic rings. The molecule has 6 heteroatoms. The Morgan fingerprint density at radius 1 is 1.28 bits per heavy atom. The van der Waals surface area contributed by atoms with Gasteiger partial charge in [-0.1, -0.05) is 18.2 Å². The third kappa shape index (κ3) is 2.95. The van der Waals surface area contributed by atoms with E-state index in [4.69, 9.17) is 4.74 Å². The highest BCUT2D eigenvalue weighted by atomic mass is 16.5. The normalized spacial score (nSPS) is 12.2. The van der Waals surface area contributed by atoms with E-state index in [-0.39, 0.29) is 11.9 Å². The zero-order chi connectivity index (χ0) is 18.1. The van der Waals surface area contributed by atoms with Gasteiger partial charge in [-0.05, 0) is 32.9 Å². The highest BCUT2D eigenvalue weighted by Gasteiger charge is 2.24. The molecule has 0 saturated carbocycles. The van der Waals surface area contributed by atoms with Crippen molar-refractivity contribution in [3.05, 3.63) is 59.0 Å². The van der Waals surface area contributed by atoms with Crippen LogP contribution in [-0.2, 0) is 0 Å². The van der Waals surface area contributed by atoms with Crippen LogP contribution in [0.25, 0.3) is 5.65 Å². The van der Waals surface area contributed by atoms with Crippen LogP contribution in [0.2, 0.25) is 0 Å². The minimum Gasteiger partial charge on any atom is -0.496 e. The molecule has 0 fully saturated rings. The van der Waals surface area contributed by atoms with Gasteiger partial charge < -0.3 is 9.64 Å². The Bertz CT molecular complexity index is 932. The quantitative estimate of drug-likeness (QED) is 0.733. The Kier molecular flexibility index (Phi) is 4.44. The number of benzene rings is 1. The number of hydrogen-bond acceptors (Lipinski definition) is 4. The monoisotopic (exact) mass is 338 g/mol. The fourth-order valence-electron chi connectivity index (χ4n) is 3.01. The largest absolute Gasteiger partial charge is 0.496 e. The average Bonchev–Trinajstić information content (AvgIpc) is 3.03. The van der Waals surface area contributed by atoms with Crippen molar-refractivity contribution in [1.29, 1.82) is 0 Å². The van der Waals surface area contributed by atoms with Gasteiger partial charge in [0.05, 0.1) is 19.3 Å². The average molecular weight is 338 g/mol. The van der Waals surface area contributed by atoms with Gasteiger partial charge in [-0.3, -0.25) is 4.79 Å². The molecule has 0 aliphatic carbocycles. The van der Waals surface area contributed by atoms with Crippen LogP contribution >= 0.6 is 0 Å². The topological polar surface area (TPSA) is 59.7 Å². The molecule has 2 heterocycles. The van der Waals surface area contributed by atoms with Crippen LogP contribution in [0.15, 0.2) is 36.5 Å². The molecule has 0 unspecified atom stereocenters. The van der Waals surface area contributed by atoms with E-state index in [0.717, 1.165) is 22.7 Å². The number of rotatable bonds is 4. The molecule has 25 heavy (non-hydrogen) atoms. The third-order valence-electron chi connectivity index (χ3n) is 4.50. The van der Waals surface area contributed by atoms with E-state index >= 15 is 0 Å². The minimum absolute atomic E-state index is 0.120. The van der Waals surface area contributed by atoms with Crippen molar-refractivity contribution >= 4 is 11.6 Å². The fraction of sp³-hybridized carbons (Fsp3) is 0.316. The molecule has 2 aromatic heterocycles. The minimum atomic E-state index is -0.149. The second-order valence-electron chi connectivity index (χ2n) is 6.17. The van der Waals surface area contributed by atoms with Gasteiger partial charge in [-0.15, -0.1) is 0 Å². The molecule has 0 radical (unpaired) electrons. The lowest BCUT2D eigenvalue weighted by atomic mass is 10.1. The third-order valence-corrected chi connectivity index (χ3v) is 4.50. The first-order valence-electron chi connectivity index (χ1n) is 8.16. The molecular formula is C19H22N4O2. The standard InChI is InChI=1S/C19H22N4O2/c1-12-10-13(2)23-18(21-12)16(11-20-23)19(24)22(4)14(3)15-8-6-7-9-17(15)25-5/h6-11,14H,1-5H3/t14-/m0/s1. The van der Waals surface area contributed by atoms with Crippen LogP contribution in [-0.4, -0.2) is 39.6 Å². The molecule has 0 bridgehead atoms. The second kappa shape index (κ2) is 6.55. The van der Waals surface area contributed by atoms with Crippen LogP contribution in [0.1, 0.15) is 40.3 Å². The van der Waals surface area contributed by atoms with E-state index < -0.39 is 0 Å². The molecule has 1 atom stereocenters. The number of fused-ring (bicyclic) bond motifs is 1. The molecule has 0 spiro atoms. The van der Waals surface area contributed by atoms with Gasteiger partial charge in [-0.25, -0.2) is 9.50 Å². The Morgan fingerprint density at radius 2 is 2.00 bits per heavy atom. The first kappa shape index (κ1) is 17.0. The van der Waals surface area contributed by atoms with Crippen molar-refractivity contribution in [2.75, 3.05) is 14.2 Å². The summed E-state index contributed by atoms with van der Waals surface area (Å²) in [6.45, 7) is 5.84. The van der Waals surface area contributed by atoms with E-state index in [9.17, 15) is 4.79 Å². The van der Waals surface area contributed by atoms with Crippen LogP contribution in [0.4, 0.5) is 0 Å². The van der Waals surface area contributed by atoms with Crippen molar-refractivity contribution in [1.82, 2.24) is 19.5 Å². The predicted octanol–water partition coefficient (Wildman–Crippen LogP) is 3.19. The van der Waals surface area contributed by atoms with Gasteiger partial charge in [0, 0.05) is 24.0 Å². The Balaban J connectivity index is 1.98. The molecule has 0 aliphatic heterocycles. The van der Waals surface area contributed by atoms with Gasteiger partial charge in [0.1, 0.15) is 11.3 Å². The zero-order valence-electron chi connectivity index (χ0n) is 15.1. The lowest BCUT2D eigenvalue weighted by Crippen LogP contribution is -2.30. The Labute approximate surface area is 147 Å². The van der Waals surface area contributed by atoms with Gasteiger partial charge in [0.25, 0.3) is 5.91 Å². The summed E-state index contributed by atoms with van der Waals surface area (Å²) < 4.78 is 7.12. The van der Waals surface area contributed by atoms with E-state index in [1.54, 1.807) is 29.8 Å². The van der Waals surface area contributed by atoms with Crippen LogP contribution in [0.5, 0.6) is 5.75 Å². The van der Waals surface area contributed by atoms with E-state index in [0.29, 0.717) is 11.2 Å². The van der Waals surface area contributed by atoms with Gasteiger partial charge >= 0.3 is 0 Å². The highest BCUT2D eigenvalue weighted by molar-refractivity contribution is 5.99. The number of carbonyl (C=O) groups excluding carboxylic acids is 1. The molecule has 0 aliphatic rings. The number of ether oxygens (including phenoxy) is 1. The number of aryl methyl sites for hydroxylation is 2.